The molecule has 19 heavy (non-hydrogen) atoms. The van der Waals surface area contributed by atoms with E-state index in [2.05, 4.69) is 10.6 Å². The van der Waals surface area contributed by atoms with Crippen LogP contribution in [0.4, 0.5) is 5.69 Å². The van der Waals surface area contributed by atoms with Crippen LogP contribution in [0.3, 0.4) is 0 Å². The largest absolute Gasteiger partial charge is 0.343 e. The van der Waals surface area contributed by atoms with E-state index in [1.807, 2.05) is 0 Å². The number of ketones is 1. The van der Waals surface area contributed by atoms with Gasteiger partial charge in [-0.15, -0.1) is 0 Å². The molecule has 0 aliphatic heterocycles. The molecular formula is C14H18N2O3. The van der Waals surface area contributed by atoms with Gasteiger partial charge in [0.25, 0.3) is 0 Å². The summed E-state index contributed by atoms with van der Waals surface area (Å²) in [6, 6.07) is 6.36. The first-order chi connectivity index (χ1) is 8.69. The highest BCUT2D eigenvalue weighted by atomic mass is 16.2. The molecule has 0 heterocycles. The third kappa shape index (κ3) is 4.91. The van der Waals surface area contributed by atoms with E-state index in [1.165, 1.54) is 6.92 Å². The second-order valence-electron chi connectivity index (χ2n) is 5.29. The summed E-state index contributed by atoms with van der Waals surface area (Å²) in [7, 11) is 0. The predicted octanol–water partition coefficient (Wildman–Crippen LogP) is 1.74. The van der Waals surface area contributed by atoms with Crippen molar-refractivity contribution in [2.75, 3.05) is 5.32 Å². The standard InChI is InChI=1S/C14H18N2O3/c1-9(17)10-5-7-11(8-6-10)15-12(18)13(19)16-14(2,3)4/h5-8H,1-4H3,(H,15,18)(H,16,19). The van der Waals surface area contributed by atoms with Gasteiger partial charge in [0.15, 0.2) is 5.78 Å². The van der Waals surface area contributed by atoms with Crippen LogP contribution in [0, 0.1) is 0 Å². The zero-order valence-corrected chi connectivity index (χ0v) is 11.5. The van der Waals surface area contributed by atoms with Gasteiger partial charge in [0.05, 0.1) is 0 Å². The number of anilines is 1. The molecule has 0 unspecified atom stereocenters. The van der Waals surface area contributed by atoms with Crippen LogP contribution in [0.5, 0.6) is 0 Å². The van der Waals surface area contributed by atoms with Gasteiger partial charge < -0.3 is 10.6 Å². The van der Waals surface area contributed by atoms with Gasteiger partial charge in [-0.3, -0.25) is 14.4 Å². The van der Waals surface area contributed by atoms with Crippen molar-refractivity contribution < 1.29 is 14.4 Å². The summed E-state index contributed by atoms with van der Waals surface area (Å²) in [6.45, 7) is 6.84. The van der Waals surface area contributed by atoms with Crippen LogP contribution >= 0.6 is 0 Å². The first-order valence-electron chi connectivity index (χ1n) is 5.93. The molecule has 5 nitrogen and oxygen atoms in total. The van der Waals surface area contributed by atoms with Gasteiger partial charge in [0.1, 0.15) is 0 Å². The van der Waals surface area contributed by atoms with Crippen LogP contribution in [0.2, 0.25) is 0 Å². The lowest BCUT2D eigenvalue weighted by Gasteiger charge is -2.19. The lowest BCUT2D eigenvalue weighted by Crippen LogP contribution is -2.46. The maximum absolute atomic E-state index is 11.6. The fourth-order valence-electron chi connectivity index (χ4n) is 1.37. The molecule has 0 saturated carbocycles. The average molecular weight is 262 g/mol. The molecule has 0 radical (unpaired) electrons. The molecular weight excluding hydrogens is 244 g/mol. The molecule has 0 fully saturated rings. The molecule has 0 aliphatic carbocycles. The minimum Gasteiger partial charge on any atom is -0.343 e. The van der Waals surface area contributed by atoms with Crippen molar-refractivity contribution in [1.82, 2.24) is 5.32 Å². The van der Waals surface area contributed by atoms with Gasteiger partial charge in [-0.25, -0.2) is 0 Å². The van der Waals surface area contributed by atoms with Gasteiger partial charge in [0, 0.05) is 16.8 Å². The number of rotatable bonds is 2. The van der Waals surface area contributed by atoms with E-state index in [0.29, 0.717) is 11.3 Å². The van der Waals surface area contributed by atoms with E-state index < -0.39 is 17.4 Å². The van der Waals surface area contributed by atoms with Gasteiger partial charge in [-0.05, 0) is 52.0 Å². The Kier molecular flexibility index (Phi) is 4.43. The summed E-state index contributed by atoms with van der Waals surface area (Å²) in [5.41, 5.74) is 0.559. The molecule has 0 saturated heterocycles. The molecule has 0 spiro atoms. The van der Waals surface area contributed by atoms with Gasteiger partial charge >= 0.3 is 11.8 Å². The third-order valence-corrected chi connectivity index (χ3v) is 2.24. The molecule has 102 valence electrons. The zero-order valence-electron chi connectivity index (χ0n) is 11.5. The van der Waals surface area contributed by atoms with Crippen molar-refractivity contribution in [1.29, 1.82) is 0 Å². The predicted molar refractivity (Wildman–Crippen MR) is 73.0 cm³/mol. The van der Waals surface area contributed by atoms with Crippen molar-refractivity contribution in [2.45, 2.75) is 33.2 Å². The van der Waals surface area contributed by atoms with E-state index in [4.69, 9.17) is 0 Å². The number of hydrogen-bond acceptors (Lipinski definition) is 3. The highest BCUT2D eigenvalue weighted by Crippen LogP contribution is 2.10. The van der Waals surface area contributed by atoms with E-state index in [9.17, 15) is 14.4 Å². The molecule has 0 aliphatic rings. The molecule has 0 bridgehead atoms. The Morgan fingerprint density at radius 3 is 1.89 bits per heavy atom. The molecule has 1 aromatic carbocycles. The SMILES string of the molecule is CC(=O)c1ccc(NC(=O)C(=O)NC(C)(C)C)cc1. The molecule has 2 amide bonds. The first-order valence-corrected chi connectivity index (χ1v) is 5.93. The van der Waals surface area contributed by atoms with Crippen LogP contribution in [0.1, 0.15) is 38.1 Å². The van der Waals surface area contributed by atoms with E-state index in [-0.39, 0.29) is 5.78 Å². The highest BCUT2D eigenvalue weighted by molar-refractivity contribution is 6.39. The van der Waals surface area contributed by atoms with Crippen molar-refractivity contribution in [3.63, 3.8) is 0 Å². The van der Waals surface area contributed by atoms with Gasteiger partial charge in [0.2, 0.25) is 0 Å². The van der Waals surface area contributed by atoms with Gasteiger partial charge in [-0.1, -0.05) is 0 Å². The summed E-state index contributed by atoms with van der Waals surface area (Å²) in [5.74, 6) is -1.48. The topological polar surface area (TPSA) is 75.3 Å². The summed E-state index contributed by atoms with van der Waals surface area (Å²) < 4.78 is 0. The lowest BCUT2D eigenvalue weighted by molar-refractivity contribution is -0.137. The van der Waals surface area contributed by atoms with E-state index in [0.717, 1.165) is 0 Å². The minimum absolute atomic E-state index is 0.0525. The lowest BCUT2D eigenvalue weighted by atomic mass is 10.1. The Morgan fingerprint density at radius 2 is 1.47 bits per heavy atom. The summed E-state index contributed by atoms with van der Waals surface area (Å²) in [6.07, 6.45) is 0. The smallest absolute Gasteiger partial charge is 0.313 e. The second-order valence-corrected chi connectivity index (χ2v) is 5.29. The Hall–Kier alpha value is -2.17. The summed E-state index contributed by atoms with van der Waals surface area (Å²) in [4.78, 5) is 34.3. The summed E-state index contributed by atoms with van der Waals surface area (Å²) >= 11 is 0. The fraction of sp³-hybridized carbons (Fsp3) is 0.357. The van der Waals surface area contributed by atoms with E-state index >= 15 is 0 Å². The molecule has 1 rings (SSSR count). The zero-order chi connectivity index (χ0) is 14.6. The van der Waals surface area contributed by atoms with Crippen LogP contribution in [-0.4, -0.2) is 23.1 Å². The quantitative estimate of drug-likeness (QED) is 0.629. The number of amides is 2. The van der Waals surface area contributed by atoms with Crippen LogP contribution < -0.4 is 10.6 Å². The van der Waals surface area contributed by atoms with Crippen molar-refractivity contribution in [3.8, 4) is 0 Å². The van der Waals surface area contributed by atoms with Gasteiger partial charge in [-0.2, -0.15) is 0 Å². The first kappa shape index (κ1) is 14.9. The number of hydrogen-bond donors (Lipinski definition) is 2. The Bertz CT molecular complexity index is 498. The summed E-state index contributed by atoms with van der Waals surface area (Å²) in [5, 5.41) is 5.03. The molecule has 2 N–H and O–H groups in total. The molecule has 5 heteroatoms. The van der Waals surface area contributed by atoms with Crippen LogP contribution in [-0.2, 0) is 9.59 Å². The number of carbonyl (C=O) groups is 3. The van der Waals surface area contributed by atoms with Crippen LogP contribution in [0.15, 0.2) is 24.3 Å². The van der Waals surface area contributed by atoms with Crippen molar-refractivity contribution in [3.05, 3.63) is 29.8 Å². The number of nitrogens with one attached hydrogen (secondary N) is 2. The maximum Gasteiger partial charge on any atom is 0.313 e. The second kappa shape index (κ2) is 5.65. The molecule has 0 aromatic heterocycles. The number of benzene rings is 1. The Balaban J connectivity index is 2.67. The fourth-order valence-corrected chi connectivity index (χ4v) is 1.37. The van der Waals surface area contributed by atoms with E-state index in [1.54, 1.807) is 45.0 Å². The Morgan fingerprint density at radius 1 is 0.947 bits per heavy atom. The average Bonchev–Trinajstić information content (AvgIpc) is 2.27. The highest BCUT2D eigenvalue weighted by Gasteiger charge is 2.20. The third-order valence-electron chi connectivity index (χ3n) is 2.24. The van der Waals surface area contributed by atoms with Crippen molar-refractivity contribution >= 4 is 23.3 Å². The molecule has 1 aromatic rings. The van der Waals surface area contributed by atoms with Crippen molar-refractivity contribution in [2.24, 2.45) is 0 Å². The minimum atomic E-state index is -0.731. The Labute approximate surface area is 112 Å². The maximum atomic E-state index is 11.6. The number of Topliss-reactive ketones (excluding diaryl/α,β-unsaturated/α-hetero) is 1. The monoisotopic (exact) mass is 262 g/mol. The molecule has 0 atom stereocenters. The number of carbonyl (C=O) groups excluding carboxylic acids is 3. The normalized spacial score (nSPS) is 10.7. The van der Waals surface area contributed by atoms with Crippen LogP contribution in [0.25, 0.3) is 0 Å².